The number of hydrogen-bond donors (Lipinski definition) is 4. The highest BCUT2D eigenvalue weighted by Crippen LogP contribution is 2.29. The second-order valence-corrected chi connectivity index (χ2v) is 8.00. The van der Waals surface area contributed by atoms with Gasteiger partial charge in [-0.2, -0.15) is 8.42 Å². The maximum atomic E-state index is 11.6. The fraction of sp³-hybridized carbons (Fsp3) is 0.444. The van der Waals surface area contributed by atoms with Crippen LogP contribution in [0.4, 0.5) is 0 Å². The number of amides is 1. The molecule has 170 valence electrons. The summed E-state index contributed by atoms with van der Waals surface area (Å²) in [5.74, 6) is -0.464. The zero-order valence-corrected chi connectivity index (χ0v) is 17.2. The minimum atomic E-state index is -5.01. The Morgan fingerprint density at radius 2 is 2.00 bits per heavy atom. The minimum Gasteiger partial charge on any atom is -0.462 e. The lowest BCUT2D eigenvalue weighted by atomic mass is 9.97. The number of nitrogens with one attached hydrogen (secondary N) is 1. The number of aryl methyl sites for hydroxylation is 1. The molecule has 1 aromatic carbocycles. The number of fused-ring (bicyclic) bond motifs is 1. The molecule has 1 aliphatic rings. The maximum absolute atomic E-state index is 11.6. The molecule has 1 fully saturated rings. The molecule has 0 spiro atoms. The number of carbonyl (C=O) groups is 1. The monoisotopic (exact) mass is 459 g/mol. The average molecular weight is 459 g/mol. The van der Waals surface area contributed by atoms with Crippen LogP contribution >= 0.6 is 0 Å². The van der Waals surface area contributed by atoms with Crippen LogP contribution in [0.15, 0.2) is 33.5 Å². The Balaban J connectivity index is 1.93. The highest BCUT2D eigenvalue weighted by atomic mass is 32.3. The van der Waals surface area contributed by atoms with Crippen LogP contribution in [0.25, 0.3) is 11.0 Å². The van der Waals surface area contributed by atoms with Crippen LogP contribution in [-0.4, -0.2) is 66.3 Å². The Hall–Kier alpha value is -2.55. The Labute approximate surface area is 176 Å². The summed E-state index contributed by atoms with van der Waals surface area (Å²) in [5.41, 5.74) is 0.346. The number of benzene rings is 1. The summed E-state index contributed by atoms with van der Waals surface area (Å²) < 4.78 is 52.0. The summed E-state index contributed by atoms with van der Waals surface area (Å²) in [6.07, 6.45) is -6.30. The van der Waals surface area contributed by atoms with Gasteiger partial charge in [0.05, 0.1) is 6.61 Å². The second kappa shape index (κ2) is 8.90. The van der Waals surface area contributed by atoms with Gasteiger partial charge in [0.25, 0.3) is 0 Å². The van der Waals surface area contributed by atoms with Crippen molar-refractivity contribution in [1.82, 2.24) is 5.32 Å². The summed E-state index contributed by atoms with van der Waals surface area (Å²) >= 11 is 0. The van der Waals surface area contributed by atoms with E-state index >= 15 is 0 Å². The lowest BCUT2D eigenvalue weighted by molar-refractivity contribution is -0.239. The van der Waals surface area contributed by atoms with Gasteiger partial charge in [0, 0.05) is 24.4 Å². The van der Waals surface area contributed by atoms with Crippen LogP contribution in [0, 0.1) is 6.92 Å². The van der Waals surface area contributed by atoms with Crippen LogP contribution < -0.4 is 15.7 Å². The summed E-state index contributed by atoms with van der Waals surface area (Å²) in [4.78, 5) is 23.2. The minimum absolute atomic E-state index is 0.139. The molecule has 12 nitrogen and oxygen atoms in total. The molecule has 3 rings (SSSR count). The van der Waals surface area contributed by atoms with Gasteiger partial charge in [-0.25, -0.2) is 8.98 Å². The predicted molar refractivity (Wildman–Crippen MR) is 104 cm³/mol. The first kappa shape index (κ1) is 23.1. The molecule has 2 aromatic rings. The fourth-order valence-electron chi connectivity index (χ4n) is 3.33. The highest BCUT2D eigenvalue weighted by molar-refractivity contribution is 7.80. The van der Waals surface area contributed by atoms with Gasteiger partial charge >= 0.3 is 16.0 Å². The van der Waals surface area contributed by atoms with Gasteiger partial charge < -0.3 is 29.4 Å². The molecule has 0 saturated carbocycles. The van der Waals surface area contributed by atoms with E-state index in [1.165, 1.54) is 18.2 Å². The Morgan fingerprint density at radius 1 is 1.29 bits per heavy atom. The zero-order valence-electron chi connectivity index (χ0n) is 16.4. The summed E-state index contributed by atoms with van der Waals surface area (Å²) in [6, 6.07) is 4.55. The van der Waals surface area contributed by atoms with Gasteiger partial charge in [0.2, 0.25) is 12.2 Å². The number of aliphatic hydroxyl groups excluding tert-OH is 2. The van der Waals surface area contributed by atoms with Gasteiger partial charge in [-0.3, -0.25) is 9.35 Å². The second-order valence-electron chi connectivity index (χ2n) is 6.96. The SMILES string of the molecule is CC(=O)NC1[C@H](Oc2ccc3c(C)cc(=O)oc3c2)OC(CO)[C@H](OS(=O)(=O)O)[C@H]1O. The molecule has 0 aliphatic carbocycles. The molecule has 4 N–H and O–H groups in total. The standard InChI is InChI=1S/C18H21NO11S/c1-8-5-14(22)28-12-6-10(3-4-11(8)12)27-18-15(19-9(2)21)16(23)17(13(7-20)29-18)30-31(24,25)26/h3-6,13,15-18,20,23H,7H2,1-2H3,(H,19,21)(H,24,25,26)/t13?,15?,16-,17-,18+/m0/s1. The molecule has 2 unspecified atom stereocenters. The molecule has 31 heavy (non-hydrogen) atoms. The van der Waals surface area contributed by atoms with E-state index in [0.717, 1.165) is 6.92 Å². The first-order valence-corrected chi connectivity index (χ1v) is 10.4. The largest absolute Gasteiger partial charge is 0.462 e. The van der Waals surface area contributed by atoms with Crippen molar-refractivity contribution in [3.05, 3.63) is 40.2 Å². The van der Waals surface area contributed by atoms with Crippen molar-refractivity contribution >= 4 is 27.3 Å². The molecule has 1 aliphatic heterocycles. The van der Waals surface area contributed by atoms with Crippen molar-refractivity contribution in [2.75, 3.05) is 6.61 Å². The van der Waals surface area contributed by atoms with Crippen molar-refractivity contribution in [1.29, 1.82) is 0 Å². The lowest BCUT2D eigenvalue weighted by Crippen LogP contribution is -2.66. The lowest BCUT2D eigenvalue weighted by Gasteiger charge is -2.43. The van der Waals surface area contributed by atoms with E-state index in [0.29, 0.717) is 10.9 Å². The van der Waals surface area contributed by atoms with Crippen molar-refractivity contribution in [3.63, 3.8) is 0 Å². The average Bonchev–Trinajstić information content (AvgIpc) is 2.65. The quantitative estimate of drug-likeness (QED) is 0.315. The normalized spacial score (nSPS) is 26.5. The Morgan fingerprint density at radius 3 is 2.61 bits per heavy atom. The molecule has 0 bridgehead atoms. The molecule has 1 amide bonds. The summed E-state index contributed by atoms with van der Waals surface area (Å²) in [6.45, 7) is 2.08. The number of rotatable bonds is 6. The smallest absolute Gasteiger partial charge is 0.397 e. The molecule has 0 radical (unpaired) electrons. The Bertz CT molecular complexity index is 1130. The predicted octanol–water partition coefficient (Wildman–Crippen LogP) is -0.749. The number of ether oxygens (including phenoxy) is 2. The van der Waals surface area contributed by atoms with E-state index in [-0.39, 0.29) is 11.3 Å². The molecule has 5 atom stereocenters. The van der Waals surface area contributed by atoms with E-state index < -0.39 is 59.2 Å². The van der Waals surface area contributed by atoms with Crippen LogP contribution in [0.3, 0.4) is 0 Å². The van der Waals surface area contributed by atoms with E-state index in [4.69, 9.17) is 18.4 Å². The molecular weight excluding hydrogens is 438 g/mol. The third-order valence-corrected chi connectivity index (χ3v) is 5.10. The van der Waals surface area contributed by atoms with Gasteiger partial charge in [-0.05, 0) is 24.6 Å². The van der Waals surface area contributed by atoms with E-state index in [2.05, 4.69) is 9.50 Å². The molecular formula is C18H21NO11S. The number of hydrogen-bond acceptors (Lipinski definition) is 10. The van der Waals surface area contributed by atoms with Crippen molar-refractivity contribution < 1.29 is 46.1 Å². The van der Waals surface area contributed by atoms with Crippen molar-refractivity contribution in [2.24, 2.45) is 0 Å². The van der Waals surface area contributed by atoms with Crippen LogP contribution in [-0.2, 0) is 24.1 Å². The van der Waals surface area contributed by atoms with E-state index in [1.807, 2.05) is 0 Å². The molecule has 13 heteroatoms. The number of carbonyl (C=O) groups excluding carboxylic acids is 1. The van der Waals surface area contributed by atoms with Crippen LogP contribution in [0.5, 0.6) is 5.75 Å². The highest BCUT2D eigenvalue weighted by Gasteiger charge is 2.49. The van der Waals surface area contributed by atoms with Gasteiger partial charge in [-0.1, -0.05) is 0 Å². The first-order chi connectivity index (χ1) is 14.5. The fourth-order valence-corrected chi connectivity index (χ4v) is 3.85. The van der Waals surface area contributed by atoms with Crippen LogP contribution in [0.1, 0.15) is 12.5 Å². The first-order valence-electron chi connectivity index (χ1n) is 9.07. The topological polar surface area (TPSA) is 182 Å². The molecule has 2 heterocycles. The van der Waals surface area contributed by atoms with E-state index in [1.54, 1.807) is 13.0 Å². The van der Waals surface area contributed by atoms with E-state index in [9.17, 15) is 28.2 Å². The summed E-state index contributed by atoms with van der Waals surface area (Å²) in [5, 5.41) is 23.2. The number of aliphatic hydroxyl groups is 2. The molecule has 1 saturated heterocycles. The molecule has 1 aromatic heterocycles. The van der Waals surface area contributed by atoms with Crippen molar-refractivity contribution in [3.8, 4) is 5.75 Å². The third-order valence-electron chi connectivity index (χ3n) is 4.63. The van der Waals surface area contributed by atoms with Crippen LogP contribution in [0.2, 0.25) is 0 Å². The zero-order chi connectivity index (χ0) is 22.9. The van der Waals surface area contributed by atoms with Gasteiger partial charge in [-0.15, -0.1) is 0 Å². The Kier molecular flexibility index (Phi) is 6.64. The maximum Gasteiger partial charge on any atom is 0.397 e. The van der Waals surface area contributed by atoms with Gasteiger partial charge in [0.15, 0.2) is 0 Å². The summed E-state index contributed by atoms with van der Waals surface area (Å²) in [7, 11) is -5.01. The third kappa shape index (κ3) is 5.39. The van der Waals surface area contributed by atoms with Gasteiger partial charge in [0.1, 0.15) is 35.7 Å². The van der Waals surface area contributed by atoms with Crippen molar-refractivity contribution in [2.45, 2.75) is 44.5 Å².